The highest BCUT2D eigenvalue weighted by Gasteiger charge is 2.42. The van der Waals surface area contributed by atoms with Crippen molar-refractivity contribution in [2.75, 3.05) is 5.73 Å². The summed E-state index contributed by atoms with van der Waals surface area (Å²) in [4.78, 5) is 0. The number of anilines is 1. The van der Waals surface area contributed by atoms with Crippen molar-refractivity contribution in [1.29, 1.82) is 0 Å². The summed E-state index contributed by atoms with van der Waals surface area (Å²) < 4.78 is 14.0. The molecule has 4 rings (SSSR count). The van der Waals surface area contributed by atoms with Gasteiger partial charge in [0.1, 0.15) is 5.75 Å². The van der Waals surface area contributed by atoms with Crippen molar-refractivity contribution in [3.63, 3.8) is 0 Å². The maximum atomic E-state index is 7.07. The Balaban J connectivity index is 2.09. The van der Waals surface area contributed by atoms with Crippen molar-refractivity contribution in [3.05, 3.63) is 54.1 Å². The van der Waals surface area contributed by atoms with E-state index < -0.39 is 16.6 Å². The van der Waals surface area contributed by atoms with Gasteiger partial charge < -0.3 is 14.6 Å². The van der Waals surface area contributed by atoms with Gasteiger partial charge in [-0.2, -0.15) is 0 Å². The third kappa shape index (κ3) is 4.41. The van der Waals surface area contributed by atoms with Gasteiger partial charge in [-0.05, 0) is 82.4 Å². The molecule has 0 saturated heterocycles. The first-order valence-corrected chi connectivity index (χ1v) is 18.8. The van der Waals surface area contributed by atoms with Gasteiger partial charge in [-0.1, -0.05) is 71.9 Å². The van der Waals surface area contributed by atoms with E-state index in [2.05, 4.69) is 117 Å². The van der Waals surface area contributed by atoms with Crippen molar-refractivity contribution in [2.24, 2.45) is 0 Å². The van der Waals surface area contributed by atoms with E-state index in [9.17, 15) is 0 Å². The lowest BCUT2D eigenvalue weighted by molar-refractivity contribution is 0.444. The first-order valence-electron chi connectivity index (χ1n) is 13.0. The van der Waals surface area contributed by atoms with Crippen LogP contribution in [0.2, 0.25) is 36.3 Å². The van der Waals surface area contributed by atoms with Crippen molar-refractivity contribution >= 4 is 54.6 Å². The van der Waals surface area contributed by atoms with Gasteiger partial charge in [-0.25, -0.2) is 0 Å². The molecule has 0 spiro atoms. The second-order valence-electron chi connectivity index (χ2n) is 13.3. The summed E-state index contributed by atoms with van der Waals surface area (Å²) in [5.41, 5.74) is 8.87. The van der Waals surface area contributed by atoms with E-state index in [-0.39, 0.29) is 10.1 Å². The third-order valence-electron chi connectivity index (χ3n) is 8.69. The first-order chi connectivity index (χ1) is 16.4. The van der Waals surface area contributed by atoms with Crippen LogP contribution in [0, 0.1) is 6.92 Å². The number of aryl methyl sites for hydroxylation is 1. The van der Waals surface area contributed by atoms with Crippen molar-refractivity contribution in [1.82, 2.24) is 0 Å². The highest BCUT2D eigenvalue weighted by atomic mass is 28.4. The van der Waals surface area contributed by atoms with E-state index in [0.29, 0.717) is 0 Å². The van der Waals surface area contributed by atoms with Gasteiger partial charge in [0.15, 0.2) is 5.75 Å². The van der Waals surface area contributed by atoms with Crippen LogP contribution in [-0.4, -0.2) is 16.6 Å². The summed E-state index contributed by atoms with van der Waals surface area (Å²) in [6, 6.07) is 17.3. The molecule has 0 radical (unpaired) electrons. The summed E-state index contributed by atoms with van der Waals surface area (Å²) in [6.45, 7) is 25.0. The Morgan fingerprint density at radius 1 is 0.667 bits per heavy atom. The molecule has 5 heteroatoms. The molecule has 0 saturated carbocycles. The molecule has 0 bridgehead atoms. The number of nitrogens with two attached hydrogens (primary N) is 1. The zero-order valence-corrected chi connectivity index (χ0v) is 26.0. The highest BCUT2D eigenvalue weighted by Crippen LogP contribution is 2.49. The maximum Gasteiger partial charge on any atom is 0.250 e. The Hall–Kier alpha value is -2.51. The van der Waals surface area contributed by atoms with E-state index in [1.165, 1.54) is 27.1 Å². The largest absolute Gasteiger partial charge is 0.541 e. The monoisotopic (exact) mass is 517 g/mol. The first kappa shape index (κ1) is 26.6. The molecule has 36 heavy (non-hydrogen) atoms. The minimum absolute atomic E-state index is 0.0542. The molecule has 3 nitrogen and oxygen atoms in total. The number of hydrogen-bond acceptors (Lipinski definition) is 3. The lowest BCUT2D eigenvalue weighted by atomic mass is 9.93. The fourth-order valence-corrected chi connectivity index (χ4v) is 6.33. The van der Waals surface area contributed by atoms with Gasteiger partial charge >= 0.3 is 0 Å². The Labute approximate surface area is 219 Å². The van der Waals surface area contributed by atoms with E-state index in [4.69, 9.17) is 14.6 Å². The molecular formula is C31H43NO2Si2. The average Bonchev–Trinajstić information content (AvgIpc) is 2.74. The Kier molecular flexibility index (Phi) is 6.29. The SMILES string of the molecule is Cc1c2ccccc2cc2c1ccc1c(O[Si](C)(C)C(C)(C)C)c(O[Si](C)(C)C(C)(C)C)cc(N)c12. The maximum absolute atomic E-state index is 7.07. The standard InChI is InChI=1S/C31H43NO2Si2/c1-20-22-15-13-12-14-21(22)18-25-23(20)16-17-24-28(25)26(32)19-27(33-35(8,9)30(2,3)4)29(24)34-36(10,11)31(5,6)7/h12-19H,32H2,1-11H3. The fraction of sp³-hybridized carbons (Fsp3) is 0.419. The summed E-state index contributed by atoms with van der Waals surface area (Å²) in [6.07, 6.45) is 0. The molecule has 0 atom stereocenters. The molecule has 0 unspecified atom stereocenters. The smallest absolute Gasteiger partial charge is 0.250 e. The number of nitrogen functional groups attached to an aromatic ring is 1. The molecule has 0 fully saturated rings. The van der Waals surface area contributed by atoms with E-state index >= 15 is 0 Å². The van der Waals surface area contributed by atoms with Crippen LogP contribution < -0.4 is 14.6 Å². The number of rotatable bonds is 4. The molecule has 0 aliphatic carbocycles. The molecule has 0 aliphatic rings. The molecule has 0 heterocycles. The lowest BCUT2D eigenvalue weighted by Crippen LogP contribution is -2.45. The summed E-state index contributed by atoms with van der Waals surface area (Å²) in [5, 5.41) is 7.10. The van der Waals surface area contributed by atoms with Gasteiger partial charge in [0.05, 0.1) is 0 Å². The normalized spacial score (nSPS) is 13.5. The average molecular weight is 518 g/mol. The minimum Gasteiger partial charge on any atom is -0.541 e. The van der Waals surface area contributed by atoms with Crippen LogP contribution in [0.3, 0.4) is 0 Å². The van der Waals surface area contributed by atoms with Crippen molar-refractivity contribution in [2.45, 2.75) is 84.7 Å². The Bertz CT molecular complexity index is 1470. The van der Waals surface area contributed by atoms with Crippen LogP contribution >= 0.6 is 0 Å². The van der Waals surface area contributed by atoms with E-state index in [1.807, 2.05) is 6.07 Å². The molecule has 192 valence electrons. The van der Waals surface area contributed by atoms with E-state index in [0.717, 1.165) is 28.0 Å². The molecular weight excluding hydrogens is 475 g/mol. The van der Waals surface area contributed by atoms with Crippen molar-refractivity contribution in [3.8, 4) is 11.5 Å². The number of fused-ring (bicyclic) bond motifs is 4. The molecule has 4 aromatic rings. The molecule has 0 aromatic heterocycles. The number of hydrogen-bond donors (Lipinski definition) is 1. The summed E-state index contributed by atoms with van der Waals surface area (Å²) >= 11 is 0. The van der Waals surface area contributed by atoms with Gasteiger partial charge in [-0.3, -0.25) is 0 Å². The summed E-state index contributed by atoms with van der Waals surface area (Å²) in [5.74, 6) is 1.64. The number of benzene rings is 4. The predicted octanol–water partition coefficient (Wildman–Crippen LogP) is 9.80. The van der Waals surface area contributed by atoms with Crippen LogP contribution in [-0.2, 0) is 0 Å². The quantitative estimate of drug-likeness (QED) is 0.127. The lowest BCUT2D eigenvalue weighted by Gasteiger charge is -2.40. The topological polar surface area (TPSA) is 44.5 Å². The van der Waals surface area contributed by atoms with Crippen LogP contribution in [0.15, 0.2) is 48.5 Å². The second-order valence-corrected chi connectivity index (χ2v) is 22.8. The van der Waals surface area contributed by atoms with Crippen LogP contribution in [0.25, 0.3) is 32.3 Å². The van der Waals surface area contributed by atoms with Crippen LogP contribution in [0.5, 0.6) is 11.5 Å². The van der Waals surface area contributed by atoms with Gasteiger partial charge in [0.2, 0.25) is 0 Å². The Morgan fingerprint density at radius 2 is 1.22 bits per heavy atom. The predicted molar refractivity (Wildman–Crippen MR) is 164 cm³/mol. The second kappa shape index (κ2) is 8.52. The fourth-order valence-electron chi connectivity index (χ4n) is 4.29. The third-order valence-corrected chi connectivity index (χ3v) is 17.4. The summed E-state index contributed by atoms with van der Waals surface area (Å²) in [7, 11) is -4.29. The van der Waals surface area contributed by atoms with Gasteiger partial charge in [0, 0.05) is 22.5 Å². The van der Waals surface area contributed by atoms with E-state index in [1.54, 1.807) is 0 Å². The highest BCUT2D eigenvalue weighted by molar-refractivity contribution is 6.75. The zero-order valence-electron chi connectivity index (χ0n) is 24.0. The minimum atomic E-state index is -2.16. The molecule has 0 amide bonds. The van der Waals surface area contributed by atoms with Gasteiger partial charge in [0.25, 0.3) is 16.6 Å². The van der Waals surface area contributed by atoms with Crippen LogP contribution in [0.1, 0.15) is 47.1 Å². The van der Waals surface area contributed by atoms with Crippen LogP contribution in [0.4, 0.5) is 5.69 Å². The molecule has 2 N–H and O–H groups in total. The molecule has 4 aromatic carbocycles. The van der Waals surface area contributed by atoms with Gasteiger partial charge in [-0.15, -0.1) is 0 Å². The van der Waals surface area contributed by atoms with Crippen molar-refractivity contribution < 1.29 is 8.85 Å². The zero-order chi connectivity index (χ0) is 26.8. The molecule has 0 aliphatic heterocycles. The Morgan fingerprint density at radius 3 is 1.83 bits per heavy atom.